The number of piperidine rings is 1. The van der Waals surface area contributed by atoms with Gasteiger partial charge in [0.1, 0.15) is 0 Å². The summed E-state index contributed by atoms with van der Waals surface area (Å²) in [5, 5.41) is 4.13. The van der Waals surface area contributed by atoms with Crippen molar-refractivity contribution >= 4 is 15.9 Å². The SMILES string of the molecule is Cc1ccc(S(=O)(=O)NCCC(=O)N2CCC(c3noc(-c4ccccc4)n3)CC2)cc1. The third kappa shape index (κ3) is 5.23. The minimum Gasteiger partial charge on any atom is -0.343 e. The molecular weight excluding hydrogens is 428 g/mol. The molecule has 2 aromatic carbocycles. The van der Waals surface area contributed by atoms with E-state index in [1.54, 1.807) is 29.2 Å². The van der Waals surface area contributed by atoms with E-state index in [0.717, 1.165) is 24.0 Å². The first-order valence-corrected chi connectivity index (χ1v) is 12.1. The van der Waals surface area contributed by atoms with E-state index in [4.69, 9.17) is 4.52 Å². The highest BCUT2D eigenvalue weighted by molar-refractivity contribution is 7.89. The lowest BCUT2D eigenvalue weighted by Crippen LogP contribution is -2.39. The van der Waals surface area contributed by atoms with Gasteiger partial charge in [-0.05, 0) is 44.0 Å². The van der Waals surface area contributed by atoms with Crippen LogP contribution in [-0.2, 0) is 14.8 Å². The van der Waals surface area contributed by atoms with Crippen LogP contribution in [0.5, 0.6) is 0 Å². The van der Waals surface area contributed by atoms with Crippen molar-refractivity contribution in [1.29, 1.82) is 0 Å². The summed E-state index contributed by atoms with van der Waals surface area (Å²) in [5.74, 6) is 1.25. The molecule has 0 unspecified atom stereocenters. The number of hydrogen-bond acceptors (Lipinski definition) is 6. The summed E-state index contributed by atoms with van der Waals surface area (Å²) in [4.78, 5) is 19.0. The van der Waals surface area contributed by atoms with Crippen molar-refractivity contribution in [3.8, 4) is 11.5 Å². The molecule has 3 aromatic rings. The zero-order valence-corrected chi connectivity index (χ0v) is 18.7. The number of aromatic nitrogens is 2. The molecule has 9 heteroatoms. The van der Waals surface area contributed by atoms with Crippen molar-refractivity contribution in [2.75, 3.05) is 19.6 Å². The summed E-state index contributed by atoms with van der Waals surface area (Å²) in [6.45, 7) is 3.14. The van der Waals surface area contributed by atoms with Crippen LogP contribution in [0.15, 0.2) is 64.0 Å². The highest BCUT2D eigenvalue weighted by Crippen LogP contribution is 2.28. The van der Waals surface area contributed by atoms with Crippen LogP contribution in [0, 0.1) is 6.92 Å². The lowest BCUT2D eigenvalue weighted by molar-refractivity contribution is -0.132. The molecule has 0 saturated carbocycles. The Morgan fingerprint density at radius 1 is 1.09 bits per heavy atom. The molecule has 0 spiro atoms. The molecule has 0 aliphatic carbocycles. The van der Waals surface area contributed by atoms with Crippen LogP contribution >= 0.6 is 0 Å². The number of carbonyl (C=O) groups is 1. The average Bonchev–Trinajstić information content (AvgIpc) is 3.30. The van der Waals surface area contributed by atoms with Crippen molar-refractivity contribution in [2.24, 2.45) is 0 Å². The molecular formula is C23H26N4O4S. The second-order valence-corrected chi connectivity index (χ2v) is 9.71. The zero-order valence-electron chi connectivity index (χ0n) is 17.9. The molecule has 8 nitrogen and oxygen atoms in total. The first-order chi connectivity index (χ1) is 15.4. The van der Waals surface area contributed by atoms with E-state index in [0.29, 0.717) is 24.8 Å². The number of nitrogens with zero attached hydrogens (tertiary/aromatic N) is 3. The van der Waals surface area contributed by atoms with E-state index in [1.165, 1.54) is 0 Å². The summed E-state index contributed by atoms with van der Waals surface area (Å²) in [5.41, 5.74) is 1.87. The molecule has 1 saturated heterocycles. The second kappa shape index (κ2) is 9.62. The summed E-state index contributed by atoms with van der Waals surface area (Å²) in [6, 6.07) is 16.2. The molecule has 1 amide bonds. The predicted molar refractivity (Wildman–Crippen MR) is 119 cm³/mol. The van der Waals surface area contributed by atoms with Gasteiger partial charge < -0.3 is 9.42 Å². The molecule has 0 radical (unpaired) electrons. The van der Waals surface area contributed by atoms with Crippen LogP contribution in [0.3, 0.4) is 0 Å². The Morgan fingerprint density at radius 2 is 1.78 bits per heavy atom. The van der Waals surface area contributed by atoms with E-state index in [2.05, 4.69) is 14.9 Å². The minimum absolute atomic E-state index is 0.0619. The van der Waals surface area contributed by atoms with Gasteiger partial charge in [0.05, 0.1) is 4.90 Å². The van der Waals surface area contributed by atoms with Crippen LogP contribution < -0.4 is 4.72 Å². The van der Waals surface area contributed by atoms with Gasteiger partial charge in [-0.25, -0.2) is 13.1 Å². The number of nitrogens with one attached hydrogen (secondary N) is 1. The topological polar surface area (TPSA) is 105 Å². The van der Waals surface area contributed by atoms with Gasteiger partial charge in [0, 0.05) is 37.5 Å². The molecule has 0 bridgehead atoms. The molecule has 1 aliphatic heterocycles. The van der Waals surface area contributed by atoms with Gasteiger partial charge in [0.25, 0.3) is 5.89 Å². The molecule has 0 atom stereocenters. The van der Waals surface area contributed by atoms with Gasteiger partial charge in [-0.1, -0.05) is 41.1 Å². The number of hydrogen-bond donors (Lipinski definition) is 1. The summed E-state index contributed by atoms with van der Waals surface area (Å²) in [6.07, 6.45) is 1.61. The van der Waals surface area contributed by atoms with E-state index >= 15 is 0 Å². The van der Waals surface area contributed by atoms with Crippen molar-refractivity contribution in [3.05, 3.63) is 66.0 Å². The molecule has 168 valence electrons. The maximum atomic E-state index is 12.5. The van der Waals surface area contributed by atoms with Gasteiger partial charge in [-0.15, -0.1) is 0 Å². The Hall–Kier alpha value is -3.04. The number of benzene rings is 2. The van der Waals surface area contributed by atoms with Gasteiger partial charge >= 0.3 is 0 Å². The number of sulfonamides is 1. The maximum absolute atomic E-state index is 12.5. The first-order valence-electron chi connectivity index (χ1n) is 10.7. The zero-order chi connectivity index (χ0) is 22.6. The smallest absolute Gasteiger partial charge is 0.257 e. The van der Waals surface area contributed by atoms with Crippen molar-refractivity contribution in [3.63, 3.8) is 0 Å². The second-order valence-electron chi connectivity index (χ2n) is 7.94. The highest BCUT2D eigenvalue weighted by Gasteiger charge is 2.27. The van der Waals surface area contributed by atoms with Crippen LogP contribution in [0.1, 0.15) is 36.6 Å². The van der Waals surface area contributed by atoms with Gasteiger partial charge in [-0.3, -0.25) is 4.79 Å². The van der Waals surface area contributed by atoms with E-state index in [9.17, 15) is 13.2 Å². The fourth-order valence-corrected chi connectivity index (χ4v) is 4.77. The number of likely N-dealkylation sites (tertiary alicyclic amines) is 1. The third-order valence-corrected chi connectivity index (χ3v) is 7.11. The Bertz CT molecular complexity index is 1150. The summed E-state index contributed by atoms with van der Waals surface area (Å²) >= 11 is 0. The van der Waals surface area contributed by atoms with Crippen LogP contribution in [0.4, 0.5) is 0 Å². The fourth-order valence-electron chi connectivity index (χ4n) is 3.74. The lowest BCUT2D eigenvalue weighted by Gasteiger charge is -2.30. The number of carbonyl (C=O) groups excluding carboxylic acids is 1. The monoisotopic (exact) mass is 454 g/mol. The van der Waals surface area contributed by atoms with Crippen LogP contribution in [-0.4, -0.2) is 49.0 Å². The maximum Gasteiger partial charge on any atom is 0.257 e. The van der Waals surface area contributed by atoms with Crippen molar-refractivity contribution in [1.82, 2.24) is 19.8 Å². The molecule has 1 fully saturated rings. The number of rotatable bonds is 7. The first kappa shape index (κ1) is 22.2. The van der Waals surface area contributed by atoms with Crippen molar-refractivity contribution in [2.45, 2.75) is 37.0 Å². The summed E-state index contributed by atoms with van der Waals surface area (Å²) < 4.78 is 32.6. The van der Waals surface area contributed by atoms with Crippen molar-refractivity contribution < 1.29 is 17.7 Å². The quantitative estimate of drug-likeness (QED) is 0.588. The predicted octanol–water partition coefficient (Wildman–Crippen LogP) is 3.12. The molecule has 1 aliphatic rings. The molecule has 1 N–H and O–H groups in total. The molecule has 32 heavy (non-hydrogen) atoms. The van der Waals surface area contributed by atoms with E-state index in [1.807, 2.05) is 37.3 Å². The van der Waals surface area contributed by atoms with E-state index < -0.39 is 10.0 Å². The molecule has 2 heterocycles. The molecule has 4 rings (SSSR count). The largest absolute Gasteiger partial charge is 0.343 e. The highest BCUT2D eigenvalue weighted by atomic mass is 32.2. The van der Waals surface area contributed by atoms with Gasteiger partial charge in [0.15, 0.2) is 5.82 Å². The van der Waals surface area contributed by atoms with E-state index in [-0.39, 0.29) is 29.7 Å². The number of amides is 1. The third-order valence-electron chi connectivity index (χ3n) is 5.64. The average molecular weight is 455 g/mol. The Morgan fingerprint density at radius 3 is 2.47 bits per heavy atom. The Labute approximate surface area is 187 Å². The lowest BCUT2D eigenvalue weighted by atomic mass is 9.96. The van der Waals surface area contributed by atoms with Crippen LogP contribution in [0.2, 0.25) is 0 Å². The minimum atomic E-state index is -3.62. The van der Waals surface area contributed by atoms with Gasteiger partial charge in [-0.2, -0.15) is 4.98 Å². The van der Waals surface area contributed by atoms with Crippen LogP contribution in [0.25, 0.3) is 11.5 Å². The Kier molecular flexibility index (Phi) is 6.66. The Balaban J connectivity index is 1.25. The normalized spacial score (nSPS) is 15.1. The van der Waals surface area contributed by atoms with Gasteiger partial charge in [0.2, 0.25) is 15.9 Å². The standard InChI is InChI=1S/C23H26N4O4S/c1-17-7-9-20(10-8-17)32(29,30)24-14-11-21(28)27-15-12-18(13-16-27)22-25-23(31-26-22)19-5-3-2-4-6-19/h2-10,18,24H,11-16H2,1H3. The fraction of sp³-hybridized carbons (Fsp3) is 0.348. The number of aryl methyl sites for hydroxylation is 1. The summed E-state index contributed by atoms with van der Waals surface area (Å²) in [7, 11) is -3.62. The molecule has 1 aromatic heterocycles.